The van der Waals surface area contributed by atoms with Gasteiger partial charge in [0.1, 0.15) is 12.6 Å². The van der Waals surface area contributed by atoms with Gasteiger partial charge in [-0.1, -0.05) is 96.6 Å². The van der Waals surface area contributed by atoms with E-state index in [1.165, 1.54) is 25.7 Å². The monoisotopic (exact) mass is 635 g/mol. The SMILES string of the molecule is CCCCCC/C=C/CCCCCCCC(=O)O[C@@H](COC(=O)CCCCCCCC)COP(=O)(O)OC[C@@H](N)C(=O)O. The number of rotatable bonds is 30. The molecule has 0 saturated heterocycles. The number of nitrogens with two attached hydrogens (primary N) is 1. The van der Waals surface area contributed by atoms with Crippen LogP contribution in [0.3, 0.4) is 0 Å². The number of ether oxygens (including phenoxy) is 2. The molecule has 0 aromatic rings. The number of hydrogen-bond acceptors (Lipinski definition) is 9. The van der Waals surface area contributed by atoms with E-state index in [0.29, 0.717) is 12.8 Å². The second kappa shape index (κ2) is 27.7. The first-order chi connectivity index (χ1) is 20.6. The summed E-state index contributed by atoms with van der Waals surface area (Å²) in [5, 5.41) is 8.80. The number of unbranched alkanes of at least 4 members (excludes halogenated alkanes) is 14. The normalized spacial score (nSPS) is 14.3. The highest BCUT2D eigenvalue weighted by Gasteiger charge is 2.28. The van der Waals surface area contributed by atoms with Crippen molar-refractivity contribution in [2.75, 3.05) is 19.8 Å². The molecule has 0 aromatic carbocycles. The number of phosphoric acid groups is 1. The predicted molar refractivity (Wildman–Crippen MR) is 166 cm³/mol. The van der Waals surface area contributed by atoms with Crippen LogP contribution in [0.5, 0.6) is 0 Å². The Bertz CT molecular complexity index is 807. The first kappa shape index (κ1) is 41.2. The summed E-state index contributed by atoms with van der Waals surface area (Å²) in [6.07, 6.45) is 21.8. The van der Waals surface area contributed by atoms with Crippen LogP contribution in [0.1, 0.15) is 136 Å². The Morgan fingerprint density at radius 1 is 0.698 bits per heavy atom. The molecule has 0 aliphatic rings. The van der Waals surface area contributed by atoms with Crippen molar-refractivity contribution in [3.8, 4) is 0 Å². The molecule has 0 amide bonds. The van der Waals surface area contributed by atoms with Gasteiger partial charge >= 0.3 is 25.7 Å². The number of allylic oxidation sites excluding steroid dienone is 2. The number of carboxylic acids is 1. The van der Waals surface area contributed by atoms with Crippen molar-refractivity contribution < 1.29 is 47.5 Å². The Morgan fingerprint density at radius 3 is 1.72 bits per heavy atom. The molecule has 0 aromatic heterocycles. The van der Waals surface area contributed by atoms with Gasteiger partial charge in [0.05, 0.1) is 13.2 Å². The fourth-order valence-corrected chi connectivity index (χ4v) is 4.89. The molecule has 0 aliphatic carbocycles. The molecule has 0 bridgehead atoms. The maximum Gasteiger partial charge on any atom is 0.472 e. The zero-order chi connectivity index (χ0) is 32.2. The van der Waals surface area contributed by atoms with Crippen molar-refractivity contribution in [2.24, 2.45) is 5.73 Å². The van der Waals surface area contributed by atoms with Gasteiger partial charge in [-0.05, 0) is 38.5 Å². The Labute approximate surface area is 258 Å². The minimum atomic E-state index is -4.69. The third-order valence-corrected chi connectivity index (χ3v) is 7.71. The Kier molecular flexibility index (Phi) is 26.6. The van der Waals surface area contributed by atoms with Gasteiger partial charge in [0, 0.05) is 12.8 Å². The quantitative estimate of drug-likeness (QED) is 0.0321. The molecular formula is C31H58NO10P. The zero-order valence-corrected chi connectivity index (χ0v) is 27.4. The van der Waals surface area contributed by atoms with E-state index in [2.05, 4.69) is 30.5 Å². The number of esters is 2. The maximum absolute atomic E-state index is 12.4. The third-order valence-electron chi connectivity index (χ3n) is 6.76. The first-order valence-electron chi connectivity index (χ1n) is 16.2. The van der Waals surface area contributed by atoms with Crippen LogP contribution in [0.2, 0.25) is 0 Å². The number of carboxylic acid groups (broad SMARTS) is 1. The molecule has 0 fully saturated rings. The molecule has 0 radical (unpaired) electrons. The van der Waals surface area contributed by atoms with Gasteiger partial charge in [-0.2, -0.15) is 0 Å². The molecule has 43 heavy (non-hydrogen) atoms. The summed E-state index contributed by atoms with van der Waals surface area (Å²) in [4.78, 5) is 45.3. The second-order valence-electron chi connectivity index (χ2n) is 10.9. The lowest BCUT2D eigenvalue weighted by Crippen LogP contribution is -2.34. The van der Waals surface area contributed by atoms with Crippen LogP contribution < -0.4 is 5.73 Å². The highest BCUT2D eigenvalue weighted by molar-refractivity contribution is 7.47. The number of phosphoric ester groups is 1. The van der Waals surface area contributed by atoms with Crippen LogP contribution in [0.15, 0.2) is 12.2 Å². The molecule has 0 rings (SSSR count). The fourth-order valence-electron chi connectivity index (χ4n) is 4.12. The van der Waals surface area contributed by atoms with Crippen molar-refractivity contribution >= 4 is 25.7 Å². The highest BCUT2D eigenvalue weighted by Crippen LogP contribution is 2.43. The molecule has 252 valence electrons. The predicted octanol–water partition coefficient (Wildman–Crippen LogP) is 6.99. The van der Waals surface area contributed by atoms with Crippen LogP contribution in [0.25, 0.3) is 0 Å². The summed E-state index contributed by atoms with van der Waals surface area (Å²) >= 11 is 0. The Hall–Kier alpha value is -1.78. The van der Waals surface area contributed by atoms with Gasteiger partial charge in [0.2, 0.25) is 0 Å². The molecule has 12 heteroatoms. The summed E-state index contributed by atoms with van der Waals surface area (Å²) in [5.74, 6) is -2.40. The summed E-state index contributed by atoms with van der Waals surface area (Å²) in [6, 6.07) is -1.52. The standard InChI is InChI=1S/C31H58NO10P/c1-3-5-7-9-11-12-13-14-15-16-17-19-21-23-30(34)42-27(24-39-29(33)22-20-18-10-8-6-4-2)25-40-43(37,38)41-26-28(32)31(35)36/h12-13,27-28H,3-11,14-26,32H2,1-2H3,(H,35,36)(H,37,38)/b13-12+/t27-,28+/m0/s1. The van der Waals surface area contributed by atoms with Crippen molar-refractivity contribution in [3.05, 3.63) is 12.2 Å². The topological polar surface area (TPSA) is 172 Å². The average Bonchev–Trinajstić information content (AvgIpc) is 2.97. The molecule has 11 nitrogen and oxygen atoms in total. The zero-order valence-electron chi connectivity index (χ0n) is 26.6. The van der Waals surface area contributed by atoms with Crippen LogP contribution in [0.4, 0.5) is 0 Å². The molecule has 3 atom stereocenters. The molecule has 4 N–H and O–H groups in total. The molecule has 0 saturated carbocycles. The minimum absolute atomic E-state index is 0.153. The number of aliphatic carboxylic acids is 1. The van der Waals surface area contributed by atoms with Gasteiger partial charge in [-0.15, -0.1) is 0 Å². The molecule has 0 aliphatic heterocycles. The third kappa shape index (κ3) is 27.5. The summed E-state index contributed by atoms with van der Waals surface area (Å²) < 4.78 is 32.2. The minimum Gasteiger partial charge on any atom is -0.480 e. The second-order valence-corrected chi connectivity index (χ2v) is 12.4. The van der Waals surface area contributed by atoms with Crippen LogP contribution in [-0.4, -0.2) is 59.9 Å². The fraction of sp³-hybridized carbons (Fsp3) is 0.839. The van der Waals surface area contributed by atoms with E-state index in [0.717, 1.165) is 70.6 Å². The van der Waals surface area contributed by atoms with E-state index in [-0.39, 0.29) is 19.4 Å². The summed E-state index contributed by atoms with van der Waals surface area (Å²) in [5.41, 5.74) is 5.28. The number of carbonyl (C=O) groups is 3. The number of hydrogen-bond donors (Lipinski definition) is 3. The Balaban J connectivity index is 4.50. The van der Waals surface area contributed by atoms with Crippen molar-refractivity contribution in [3.63, 3.8) is 0 Å². The van der Waals surface area contributed by atoms with Crippen molar-refractivity contribution in [1.29, 1.82) is 0 Å². The first-order valence-corrected chi connectivity index (χ1v) is 17.7. The lowest BCUT2D eigenvalue weighted by Gasteiger charge is -2.20. The molecule has 1 unspecified atom stereocenters. The van der Waals surface area contributed by atoms with Gasteiger partial charge in [0.25, 0.3) is 0 Å². The Morgan fingerprint density at radius 2 is 1.16 bits per heavy atom. The number of carbonyl (C=O) groups excluding carboxylic acids is 2. The van der Waals surface area contributed by atoms with Crippen LogP contribution >= 0.6 is 7.82 Å². The van der Waals surface area contributed by atoms with Gasteiger partial charge in [-0.3, -0.25) is 23.4 Å². The summed E-state index contributed by atoms with van der Waals surface area (Å²) in [6.45, 7) is 2.66. The van der Waals surface area contributed by atoms with Gasteiger partial charge < -0.3 is 25.2 Å². The van der Waals surface area contributed by atoms with Gasteiger partial charge in [0.15, 0.2) is 6.10 Å². The largest absolute Gasteiger partial charge is 0.480 e. The smallest absolute Gasteiger partial charge is 0.472 e. The van der Waals surface area contributed by atoms with Crippen LogP contribution in [-0.2, 0) is 37.5 Å². The van der Waals surface area contributed by atoms with Gasteiger partial charge in [-0.25, -0.2) is 4.57 Å². The lowest BCUT2D eigenvalue weighted by atomic mass is 10.1. The maximum atomic E-state index is 12.4. The molecule has 0 spiro atoms. The van der Waals surface area contributed by atoms with Crippen LogP contribution in [0, 0.1) is 0 Å². The van der Waals surface area contributed by atoms with Crippen molar-refractivity contribution in [2.45, 2.75) is 148 Å². The van der Waals surface area contributed by atoms with E-state index in [4.69, 9.17) is 24.8 Å². The van der Waals surface area contributed by atoms with E-state index in [1.54, 1.807) is 0 Å². The van der Waals surface area contributed by atoms with E-state index < -0.39 is 51.1 Å². The van der Waals surface area contributed by atoms with E-state index in [1.807, 2.05) is 0 Å². The summed E-state index contributed by atoms with van der Waals surface area (Å²) in [7, 11) is -4.69. The van der Waals surface area contributed by atoms with E-state index >= 15 is 0 Å². The lowest BCUT2D eigenvalue weighted by molar-refractivity contribution is -0.161. The van der Waals surface area contributed by atoms with Crippen molar-refractivity contribution in [1.82, 2.24) is 0 Å². The highest BCUT2D eigenvalue weighted by atomic mass is 31.2. The average molecular weight is 636 g/mol. The molecular weight excluding hydrogens is 577 g/mol. The molecule has 0 heterocycles. The van der Waals surface area contributed by atoms with E-state index in [9.17, 15) is 23.8 Å².